The lowest BCUT2D eigenvalue weighted by atomic mass is 9.97. The molecule has 3 heterocycles. The molecule has 1 N–H and O–H groups in total. The van der Waals surface area contributed by atoms with Crippen LogP contribution in [0.25, 0.3) is 10.2 Å². The number of piperazine rings is 1. The minimum absolute atomic E-state index is 0.0649. The fourth-order valence-electron chi connectivity index (χ4n) is 4.54. The van der Waals surface area contributed by atoms with Crippen LogP contribution in [0.1, 0.15) is 34.7 Å². The highest BCUT2D eigenvalue weighted by Crippen LogP contribution is 2.33. The van der Waals surface area contributed by atoms with Crippen LogP contribution in [0.2, 0.25) is 0 Å². The summed E-state index contributed by atoms with van der Waals surface area (Å²) < 4.78 is 40.1. The first-order chi connectivity index (χ1) is 15.4. The summed E-state index contributed by atoms with van der Waals surface area (Å²) in [6.07, 6.45) is 4.26. The number of H-pyrrole nitrogens is 1. The van der Waals surface area contributed by atoms with E-state index >= 15 is 0 Å². The number of nitrogens with one attached hydrogen (secondary N) is 1. The maximum atomic E-state index is 13.1. The third-order valence-corrected chi connectivity index (χ3v) is 9.27. The molecular formula is C22H25FN4O3S2. The van der Waals surface area contributed by atoms with E-state index in [1.54, 1.807) is 11.3 Å². The van der Waals surface area contributed by atoms with Crippen molar-refractivity contribution < 1.29 is 12.8 Å². The average molecular weight is 477 g/mol. The predicted molar refractivity (Wildman–Crippen MR) is 123 cm³/mol. The van der Waals surface area contributed by atoms with Crippen LogP contribution < -0.4 is 5.56 Å². The SMILES string of the molecule is O=c1[nH]c(CN2CCN(S(=O)(=O)Cc3ccc(F)cc3)CC2)nc2sc3c(c12)CCCC3. The Morgan fingerprint density at radius 3 is 2.53 bits per heavy atom. The van der Waals surface area contributed by atoms with Gasteiger partial charge in [-0.1, -0.05) is 12.1 Å². The van der Waals surface area contributed by atoms with E-state index in [9.17, 15) is 17.6 Å². The Bertz CT molecular complexity index is 1290. The molecule has 3 aromatic rings. The number of aromatic nitrogens is 2. The zero-order chi connectivity index (χ0) is 22.3. The van der Waals surface area contributed by atoms with Gasteiger partial charge < -0.3 is 4.98 Å². The molecule has 7 nitrogen and oxygen atoms in total. The number of fused-ring (bicyclic) bond motifs is 3. The summed E-state index contributed by atoms with van der Waals surface area (Å²) in [6, 6.07) is 5.56. The van der Waals surface area contributed by atoms with Gasteiger partial charge in [-0.15, -0.1) is 11.3 Å². The number of aryl methyl sites for hydroxylation is 2. The molecule has 2 aromatic heterocycles. The van der Waals surface area contributed by atoms with E-state index < -0.39 is 10.0 Å². The normalized spacial score (nSPS) is 18.2. The molecule has 0 radical (unpaired) electrons. The van der Waals surface area contributed by atoms with E-state index in [1.807, 2.05) is 0 Å². The molecule has 0 spiro atoms. The second kappa shape index (κ2) is 8.66. The monoisotopic (exact) mass is 476 g/mol. The number of halogens is 1. The van der Waals surface area contributed by atoms with Crippen LogP contribution in [0.5, 0.6) is 0 Å². The molecule has 5 rings (SSSR count). The second-order valence-electron chi connectivity index (χ2n) is 8.46. The van der Waals surface area contributed by atoms with Crippen molar-refractivity contribution in [3.63, 3.8) is 0 Å². The molecule has 170 valence electrons. The Balaban J connectivity index is 1.24. The highest BCUT2D eigenvalue weighted by molar-refractivity contribution is 7.88. The zero-order valence-corrected chi connectivity index (χ0v) is 19.3. The molecule has 0 unspecified atom stereocenters. The number of benzene rings is 1. The summed E-state index contributed by atoms with van der Waals surface area (Å²) >= 11 is 1.63. The zero-order valence-electron chi connectivity index (χ0n) is 17.6. The van der Waals surface area contributed by atoms with Crippen molar-refractivity contribution in [2.45, 2.75) is 38.0 Å². The largest absolute Gasteiger partial charge is 0.309 e. The first-order valence-corrected chi connectivity index (χ1v) is 13.3. The lowest BCUT2D eigenvalue weighted by Crippen LogP contribution is -2.48. The van der Waals surface area contributed by atoms with Crippen LogP contribution in [-0.4, -0.2) is 53.8 Å². The standard InChI is InChI=1S/C22H25FN4O3S2/c23-16-7-5-15(6-8-16)14-32(29,30)27-11-9-26(10-12-27)13-19-24-21(28)20-17-3-1-2-4-18(17)31-22(20)25-19/h5-8H,1-4,9-14H2,(H,24,25,28). The van der Waals surface area contributed by atoms with Crippen molar-refractivity contribution in [1.29, 1.82) is 0 Å². The highest BCUT2D eigenvalue weighted by atomic mass is 32.2. The van der Waals surface area contributed by atoms with Crippen molar-refractivity contribution in [3.8, 4) is 0 Å². The van der Waals surface area contributed by atoms with Crippen molar-refractivity contribution in [2.24, 2.45) is 0 Å². The Morgan fingerprint density at radius 2 is 1.78 bits per heavy atom. The minimum atomic E-state index is -3.47. The number of thiophene rings is 1. The summed E-state index contributed by atoms with van der Waals surface area (Å²) in [5, 5.41) is 0.755. The van der Waals surface area contributed by atoms with E-state index in [0.717, 1.165) is 29.5 Å². The molecule has 1 aliphatic carbocycles. The fourth-order valence-corrected chi connectivity index (χ4v) is 7.34. The molecule has 2 aliphatic rings. The van der Waals surface area contributed by atoms with Crippen LogP contribution in [0.15, 0.2) is 29.1 Å². The Kier molecular flexibility index (Phi) is 5.87. The van der Waals surface area contributed by atoms with Crippen LogP contribution >= 0.6 is 11.3 Å². The Hall–Kier alpha value is -2.14. The van der Waals surface area contributed by atoms with Gasteiger partial charge in [0.15, 0.2) is 0 Å². The summed E-state index contributed by atoms with van der Waals surface area (Å²) in [5.41, 5.74) is 1.68. The molecule has 32 heavy (non-hydrogen) atoms. The number of aromatic amines is 1. The third-order valence-electron chi connectivity index (χ3n) is 6.23. The third kappa shape index (κ3) is 4.36. The number of nitrogens with zero attached hydrogens (tertiary/aromatic N) is 3. The lowest BCUT2D eigenvalue weighted by molar-refractivity contribution is 0.178. The second-order valence-corrected chi connectivity index (χ2v) is 11.5. The maximum Gasteiger partial charge on any atom is 0.259 e. The van der Waals surface area contributed by atoms with Gasteiger partial charge in [0.2, 0.25) is 10.0 Å². The van der Waals surface area contributed by atoms with Gasteiger partial charge >= 0.3 is 0 Å². The van der Waals surface area contributed by atoms with Gasteiger partial charge in [-0.05, 0) is 48.9 Å². The first-order valence-electron chi connectivity index (χ1n) is 10.9. The molecule has 0 amide bonds. The molecular weight excluding hydrogens is 451 g/mol. The highest BCUT2D eigenvalue weighted by Gasteiger charge is 2.28. The van der Waals surface area contributed by atoms with Crippen molar-refractivity contribution in [2.75, 3.05) is 26.2 Å². The number of rotatable bonds is 5. The molecule has 1 aromatic carbocycles. The smallest absolute Gasteiger partial charge is 0.259 e. The fraction of sp³-hybridized carbons (Fsp3) is 0.455. The van der Waals surface area contributed by atoms with Gasteiger partial charge in [0, 0.05) is 31.1 Å². The molecule has 1 fully saturated rings. The van der Waals surface area contributed by atoms with Crippen LogP contribution in [0.4, 0.5) is 4.39 Å². The Labute approximate surface area is 189 Å². The lowest BCUT2D eigenvalue weighted by Gasteiger charge is -2.33. The molecule has 1 aliphatic heterocycles. The first kappa shape index (κ1) is 21.7. The van der Waals surface area contributed by atoms with Crippen molar-refractivity contribution in [3.05, 3.63) is 62.3 Å². The summed E-state index contributed by atoms with van der Waals surface area (Å²) in [5.74, 6) is 0.109. The van der Waals surface area contributed by atoms with Crippen molar-refractivity contribution in [1.82, 2.24) is 19.2 Å². The summed E-state index contributed by atoms with van der Waals surface area (Å²) in [6.45, 7) is 2.36. The Morgan fingerprint density at radius 1 is 1.06 bits per heavy atom. The van der Waals surface area contributed by atoms with Crippen LogP contribution in [0, 0.1) is 5.82 Å². The van der Waals surface area contributed by atoms with Gasteiger partial charge in [-0.25, -0.2) is 17.8 Å². The minimum Gasteiger partial charge on any atom is -0.309 e. The predicted octanol–water partition coefficient (Wildman–Crippen LogP) is 2.65. The van der Waals surface area contributed by atoms with Gasteiger partial charge in [-0.3, -0.25) is 9.69 Å². The van der Waals surface area contributed by atoms with E-state index in [0.29, 0.717) is 44.1 Å². The van der Waals surface area contributed by atoms with E-state index in [2.05, 4.69) is 9.88 Å². The quantitative estimate of drug-likeness (QED) is 0.612. The van der Waals surface area contributed by atoms with Gasteiger partial charge in [-0.2, -0.15) is 4.31 Å². The van der Waals surface area contributed by atoms with E-state index in [1.165, 1.54) is 45.4 Å². The molecule has 0 saturated carbocycles. The van der Waals surface area contributed by atoms with E-state index in [4.69, 9.17) is 4.98 Å². The maximum absolute atomic E-state index is 13.1. The topological polar surface area (TPSA) is 86.4 Å². The summed E-state index contributed by atoms with van der Waals surface area (Å²) in [7, 11) is -3.47. The molecule has 0 atom stereocenters. The molecule has 0 bridgehead atoms. The van der Waals surface area contributed by atoms with Crippen molar-refractivity contribution >= 4 is 31.6 Å². The van der Waals surface area contributed by atoms with Crippen LogP contribution in [-0.2, 0) is 35.2 Å². The summed E-state index contributed by atoms with van der Waals surface area (Å²) in [4.78, 5) is 24.6. The van der Waals surface area contributed by atoms with Crippen LogP contribution in [0.3, 0.4) is 0 Å². The van der Waals surface area contributed by atoms with Gasteiger partial charge in [0.05, 0.1) is 17.7 Å². The number of hydrogen-bond acceptors (Lipinski definition) is 6. The average Bonchev–Trinajstić information content (AvgIpc) is 3.14. The molecule has 1 saturated heterocycles. The van der Waals surface area contributed by atoms with Gasteiger partial charge in [0.25, 0.3) is 5.56 Å². The molecule has 10 heteroatoms. The van der Waals surface area contributed by atoms with Gasteiger partial charge in [0.1, 0.15) is 16.5 Å². The number of sulfonamides is 1. The number of hydrogen-bond donors (Lipinski definition) is 1. The van der Waals surface area contributed by atoms with E-state index in [-0.39, 0.29) is 17.1 Å².